The van der Waals surface area contributed by atoms with Gasteiger partial charge in [-0.25, -0.2) is 4.98 Å². The van der Waals surface area contributed by atoms with Crippen molar-refractivity contribution >= 4 is 10.9 Å². The van der Waals surface area contributed by atoms with Gasteiger partial charge < -0.3 is 10.2 Å². The SMILES string of the molecule is Cc1ccc2nc3c(c(C)c2c1)[C@H](O)[C@H](O)c1ccccc1-3. The zero-order valence-corrected chi connectivity index (χ0v) is 12.5. The van der Waals surface area contributed by atoms with Gasteiger partial charge in [0.2, 0.25) is 0 Å². The molecule has 2 N–H and O–H groups in total. The molecule has 0 spiro atoms. The number of aliphatic hydroxyl groups is 2. The number of benzene rings is 2. The van der Waals surface area contributed by atoms with Crippen LogP contribution in [0.15, 0.2) is 42.5 Å². The van der Waals surface area contributed by atoms with Gasteiger partial charge in [-0.2, -0.15) is 0 Å². The summed E-state index contributed by atoms with van der Waals surface area (Å²) < 4.78 is 0. The summed E-state index contributed by atoms with van der Waals surface area (Å²) >= 11 is 0. The van der Waals surface area contributed by atoms with Crippen LogP contribution in [0, 0.1) is 13.8 Å². The van der Waals surface area contributed by atoms with Crippen LogP contribution in [0.1, 0.15) is 34.5 Å². The van der Waals surface area contributed by atoms with E-state index in [-0.39, 0.29) is 0 Å². The fraction of sp³-hybridized carbons (Fsp3) is 0.211. The van der Waals surface area contributed by atoms with Crippen molar-refractivity contribution in [3.05, 3.63) is 64.7 Å². The van der Waals surface area contributed by atoms with Crippen molar-refractivity contribution in [3.63, 3.8) is 0 Å². The molecule has 0 bridgehead atoms. The molecule has 0 amide bonds. The first-order chi connectivity index (χ1) is 10.6. The van der Waals surface area contributed by atoms with E-state index in [9.17, 15) is 10.2 Å². The average Bonchev–Trinajstić information content (AvgIpc) is 2.53. The molecule has 0 saturated heterocycles. The summed E-state index contributed by atoms with van der Waals surface area (Å²) in [4.78, 5) is 4.77. The second kappa shape index (κ2) is 4.63. The first kappa shape index (κ1) is 13.4. The van der Waals surface area contributed by atoms with Crippen LogP contribution in [0.5, 0.6) is 0 Å². The minimum absolute atomic E-state index is 0.737. The van der Waals surface area contributed by atoms with Crippen LogP contribution in [-0.2, 0) is 0 Å². The predicted molar refractivity (Wildman–Crippen MR) is 86.6 cm³/mol. The van der Waals surface area contributed by atoms with E-state index in [1.807, 2.05) is 50.2 Å². The maximum atomic E-state index is 10.6. The molecule has 0 unspecified atom stereocenters. The highest BCUT2D eigenvalue weighted by Gasteiger charge is 2.33. The average molecular weight is 291 g/mol. The molecular weight excluding hydrogens is 274 g/mol. The Labute approximate surface area is 128 Å². The molecule has 3 nitrogen and oxygen atoms in total. The summed E-state index contributed by atoms with van der Waals surface area (Å²) in [6.45, 7) is 4.03. The largest absolute Gasteiger partial charge is 0.385 e. The summed E-state index contributed by atoms with van der Waals surface area (Å²) in [5.74, 6) is 0. The topological polar surface area (TPSA) is 53.4 Å². The molecule has 22 heavy (non-hydrogen) atoms. The van der Waals surface area contributed by atoms with Crippen LogP contribution in [-0.4, -0.2) is 15.2 Å². The van der Waals surface area contributed by atoms with Crippen LogP contribution in [0.2, 0.25) is 0 Å². The smallest absolute Gasteiger partial charge is 0.111 e. The summed E-state index contributed by atoms with van der Waals surface area (Å²) in [7, 11) is 0. The first-order valence-electron chi connectivity index (χ1n) is 7.44. The van der Waals surface area contributed by atoms with Gasteiger partial charge in [0.1, 0.15) is 12.2 Å². The molecule has 1 heterocycles. The van der Waals surface area contributed by atoms with Crippen LogP contribution >= 0.6 is 0 Å². The van der Waals surface area contributed by atoms with Crippen molar-refractivity contribution in [2.75, 3.05) is 0 Å². The number of aromatic nitrogens is 1. The molecule has 0 radical (unpaired) electrons. The van der Waals surface area contributed by atoms with Gasteiger partial charge in [0.25, 0.3) is 0 Å². The summed E-state index contributed by atoms with van der Waals surface area (Å²) in [5, 5.41) is 22.1. The number of nitrogens with zero attached hydrogens (tertiary/aromatic N) is 1. The van der Waals surface area contributed by atoms with Gasteiger partial charge in [-0.05, 0) is 37.1 Å². The molecule has 1 aliphatic rings. The maximum absolute atomic E-state index is 10.6. The van der Waals surface area contributed by atoms with Crippen molar-refractivity contribution in [2.24, 2.45) is 0 Å². The minimum atomic E-state index is -0.942. The number of rotatable bonds is 0. The number of pyridine rings is 1. The molecule has 1 aromatic heterocycles. The van der Waals surface area contributed by atoms with Gasteiger partial charge in [-0.3, -0.25) is 0 Å². The Balaban J connectivity index is 2.14. The second-order valence-corrected chi connectivity index (χ2v) is 6.00. The van der Waals surface area contributed by atoms with Gasteiger partial charge >= 0.3 is 0 Å². The number of aliphatic hydroxyl groups excluding tert-OH is 2. The fourth-order valence-electron chi connectivity index (χ4n) is 3.42. The third-order valence-electron chi connectivity index (χ3n) is 4.58. The van der Waals surface area contributed by atoms with Gasteiger partial charge in [0, 0.05) is 16.5 Å². The summed E-state index contributed by atoms with van der Waals surface area (Å²) in [6.07, 6.45) is -1.85. The van der Waals surface area contributed by atoms with Crippen molar-refractivity contribution in [3.8, 4) is 11.3 Å². The van der Waals surface area contributed by atoms with Gasteiger partial charge in [-0.1, -0.05) is 35.9 Å². The molecule has 1 aliphatic carbocycles. The van der Waals surface area contributed by atoms with Crippen molar-refractivity contribution < 1.29 is 10.2 Å². The van der Waals surface area contributed by atoms with Gasteiger partial charge in [-0.15, -0.1) is 0 Å². The van der Waals surface area contributed by atoms with E-state index >= 15 is 0 Å². The zero-order valence-electron chi connectivity index (χ0n) is 12.5. The number of fused-ring (bicyclic) bond motifs is 4. The van der Waals surface area contributed by atoms with E-state index in [2.05, 4.69) is 6.07 Å². The normalized spacial score (nSPS) is 19.8. The molecule has 0 fully saturated rings. The van der Waals surface area contributed by atoms with E-state index in [0.717, 1.165) is 44.4 Å². The Bertz CT molecular complexity index is 901. The quantitative estimate of drug-likeness (QED) is 0.665. The zero-order chi connectivity index (χ0) is 15.4. The highest BCUT2D eigenvalue weighted by molar-refractivity contribution is 5.89. The monoisotopic (exact) mass is 291 g/mol. The summed E-state index contributed by atoms with van der Waals surface area (Å²) in [6, 6.07) is 13.7. The lowest BCUT2D eigenvalue weighted by Gasteiger charge is -2.30. The van der Waals surface area contributed by atoms with Gasteiger partial charge in [0.05, 0.1) is 11.2 Å². The Morgan fingerprint density at radius 2 is 1.73 bits per heavy atom. The van der Waals surface area contributed by atoms with Crippen LogP contribution < -0.4 is 0 Å². The van der Waals surface area contributed by atoms with Gasteiger partial charge in [0.15, 0.2) is 0 Å². The van der Waals surface area contributed by atoms with Crippen LogP contribution in [0.4, 0.5) is 0 Å². The molecule has 110 valence electrons. The lowest BCUT2D eigenvalue weighted by atomic mass is 9.82. The Morgan fingerprint density at radius 1 is 0.955 bits per heavy atom. The molecule has 3 aromatic rings. The van der Waals surface area contributed by atoms with E-state index < -0.39 is 12.2 Å². The summed E-state index contributed by atoms with van der Waals surface area (Å²) in [5.41, 5.74) is 6.22. The van der Waals surface area contributed by atoms with Crippen molar-refractivity contribution in [2.45, 2.75) is 26.1 Å². The highest BCUT2D eigenvalue weighted by Crippen LogP contribution is 2.46. The standard InChI is InChI=1S/C19H17NO2/c1-10-7-8-15-14(9-10)11(2)16-17(20-15)12-5-3-4-6-13(12)18(21)19(16)22/h3-9,18-19,21-22H,1-2H3/t18-,19+/m1/s1. The fourth-order valence-corrected chi connectivity index (χ4v) is 3.42. The second-order valence-electron chi connectivity index (χ2n) is 6.00. The van der Waals surface area contributed by atoms with E-state index in [0.29, 0.717) is 0 Å². The Kier molecular flexibility index (Phi) is 2.83. The third kappa shape index (κ3) is 1.73. The first-order valence-corrected chi connectivity index (χ1v) is 7.44. The molecule has 4 rings (SSSR count). The molecule has 2 atom stereocenters. The minimum Gasteiger partial charge on any atom is -0.385 e. The predicted octanol–water partition coefficient (Wildman–Crippen LogP) is 3.60. The molecule has 3 heteroatoms. The maximum Gasteiger partial charge on any atom is 0.111 e. The highest BCUT2D eigenvalue weighted by atomic mass is 16.3. The Morgan fingerprint density at radius 3 is 2.55 bits per heavy atom. The van der Waals surface area contributed by atoms with E-state index in [1.54, 1.807) is 0 Å². The number of aryl methyl sites for hydroxylation is 2. The van der Waals surface area contributed by atoms with Crippen molar-refractivity contribution in [1.82, 2.24) is 4.98 Å². The third-order valence-corrected chi connectivity index (χ3v) is 4.58. The Hall–Kier alpha value is -2.23. The lowest BCUT2D eigenvalue weighted by Crippen LogP contribution is -2.19. The number of hydrogen-bond acceptors (Lipinski definition) is 3. The van der Waals surface area contributed by atoms with Crippen LogP contribution in [0.25, 0.3) is 22.2 Å². The number of hydrogen-bond donors (Lipinski definition) is 2. The molecule has 0 aliphatic heterocycles. The van der Waals surface area contributed by atoms with E-state index in [1.165, 1.54) is 0 Å². The lowest BCUT2D eigenvalue weighted by molar-refractivity contribution is 0.0152. The van der Waals surface area contributed by atoms with E-state index in [4.69, 9.17) is 4.98 Å². The molecule has 0 saturated carbocycles. The van der Waals surface area contributed by atoms with Crippen molar-refractivity contribution in [1.29, 1.82) is 0 Å². The van der Waals surface area contributed by atoms with Crippen LogP contribution in [0.3, 0.4) is 0 Å². The molecule has 2 aromatic carbocycles. The molecular formula is C19H17NO2.